The number of rotatable bonds is 5. The van der Waals surface area contributed by atoms with E-state index in [2.05, 4.69) is 16.7 Å². The SMILES string of the molecule is C=C(C)COCc1ccccc1-c1nc(C)no1. The second-order valence-electron chi connectivity index (χ2n) is 4.25. The van der Waals surface area contributed by atoms with Crippen LogP contribution >= 0.6 is 0 Å². The van der Waals surface area contributed by atoms with Gasteiger partial charge in [-0.2, -0.15) is 4.98 Å². The predicted molar refractivity (Wildman–Crippen MR) is 68.9 cm³/mol. The fourth-order valence-electron chi connectivity index (χ4n) is 1.60. The molecule has 2 aromatic rings. The molecular weight excluding hydrogens is 228 g/mol. The summed E-state index contributed by atoms with van der Waals surface area (Å²) < 4.78 is 10.7. The highest BCUT2D eigenvalue weighted by Gasteiger charge is 2.10. The maximum Gasteiger partial charge on any atom is 0.258 e. The van der Waals surface area contributed by atoms with E-state index in [1.165, 1.54) is 0 Å². The standard InChI is InChI=1S/C14H16N2O2/c1-10(2)8-17-9-12-6-4-5-7-13(12)14-15-11(3)16-18-14/h4-7H,1,8-9H2,2-3H3. The van der Waals surface area contributed by atoms with E-state index in [9.17, 15) is 0 Å². The lowest BCUT2D eigenvalue weighted by molar-refractivity contribution is 0.143. The zero-order chi connectivity index (χ0) is 13.0. The molecule has 0 saturated carbocycles. The Morgan fingerprint density at radius 2 is 2.17 bits per heavy atom. The second kappa shape index (κ2) is 5.60. The van der Waals surface area contributed by atoms with Crippen LogP contribution < -0.4 is 0 Å². The van der Waals surface area contributed by atoms with Crippen LogP contribution in [0.25, 0.3) is 11.5 Å². The average Bonchev–Trinajstić information content (AvgIpc) is 2.76. The summed E-state index contributed by atoms with van der Waals surface area (Å²) in [6, 6.07) is 7.85. The molecule has 1 aromatic carbocycles. The highest BCUT2D eigenvalue weighted by Crippen LogP contribution is 2.22. The van der Waals surface area contributed by atoms with Crippen LogP contribution in [0.4, 0.5) is 0 Å². The smallest absolute Gasteiger partial charge is 0.258 e. The molecule has 4 heteroatoms. The van der Waals surface area contributed by atoms with Gasteiger partial charge in [-0.3, -0.25) is 0 Å². The van der Waals surface area contributed by atoms with Gasteiger partial charge in [0, 0.05) is 5.56 Å². The summed E-state index contributed by atoms with van der Waals surface area (Å²) in [7, 11) is 0. The Labute approximate surface area is 106 Å². The Morgan fingerprint density at radius 1 is 1.39 bits per heavy atom. The molecule has 0 aliphatic rings. The summed E-state index contributed by atoms with van der Waals surface area (Å²) in [5.74, 6) is 1.16. The number of ether oxygens (including phenoxy) is 1. The lowest BCUT2D eigenvalue weighted by Crippen LogP contribution is -1.98. The van der Waals surface area contributed by atoms with Crippen molar-refractivity contribution in [1.29, 1.82) is 0 Å². The fourth-order valence-corrected chi connectivity index (χ4v) is 1.60. The lowest BCUT2D eigenvalue weighted by atomic mass is 10.1. The molecule has 0 fully saturated rings. The van der Waals surface area contributed by atoms with Gasteiger partial charge in [0.05, 0.1) is 13.2 Å². The molecule has 1 aromatic heterocycles. The van der Waals surface area contributed by atoms with Crippen LogP contribution in [0.2, 0.25) is 0 Å². The summed E-state index contributed by atoms with van der Waals surface area (Å²) >= 11 is 0. The molecule has 0 saturated heterocycles. The van der Waals surface area contributed by atoms with Crippen LogP contribution in [0.5, 0.6) is 0 Å². The quantitative estimate of drug-likeness (QED) is 0.758. The average molecular weight is 244 g/mol. The molecule has 0 radical (unpaired) electrons. The third kappa shape index (κ3) is 3.05. The Kier molecular flexibility index (Phi) is 3.89. The van der Waals surface area contributed by atoms with E-state index in [-0.39, 0.29) is 0 Å². The molecule has 0 aliphatic heterocycles. The van der Waals surface area contributed by atoms with Crippen LogP contribution in [0, 0.1) is 6.92 Å². The topological polar surface area (TPSA) is 48.2 Å². The number of hydrogen-bond donors (Lipinski definition) is 0. The van der Waals surface area contributed by atoms with Gasteiger partial charge in [-0.1, -0.05) is 35.5 Å². The second-order valence-corrected chi connectivity index (χ2v) is 4.25. The number of aryl methyl sites for hydroxylation is 1. The molecule has 0 bridgehead atoms. The summed E-state index contributed by atoms with van der Waals surface area (Å²) in [6.07, 6.45) is 0. The van der Waals surface area contributed by atoms with Crippen molar-refractivity contribution in [2.24, 2.45) is 0 Å². The molecule has 0 unspecified atom stereocenters. The van der Waals surface area contributed by atoms with Gasteiger partial charge in [0.1, 0.15) is 0 Å². The van der Waals surface area contributed by atoms with E-state index < -0.39 is 0 Å². The molecule has 0 spiro atoms. The summed E-state index contributed by atoms with van der Waals surface area (Å²) in [5.41, 5.74) is 2.95. The lowest BCUT2D eigenvalue weighted by Gasteiger charge is -2.07. The third-order valence-corrected chi connectivity index (χ3v) is 2.38. The van der Waals surface area contributed by atoms with Gasteiger partial charge in [-0.25, -0.2) is 0 Å². The summed E-state index contributed by atoms with van der Waals surface area (Å²) in [6.45, 7) is 8.60. The first-order valence-corrected chi connectivity index (χ1v) is 5.77. The van der Waals surface area contributed by atoms with E-state index >= 15 is 0 Å². The Balaban J connectivity index is 2.18. The molecule has 0 atom stereocenters. The van der Waals surface area contributed by atoms with Crippen molar-refractivity contribution in [1.82, 2.24) is 10.1 Å². The van der Waals surface area contributed by atoms with E-state index in [0.717, 1.165) is 16.7 Å². The van der Waals surface area contributed by atoms with Crippen LogP contribution in [0.3, 0.4) is 0 Å². The molecule has 18 heavy (non-hydrogen) atoms. The molecule has 0 N–H and O–H groups in total. The third-order valence-electron chi connectivity index (χ3n) is 2.38. The molecule has 94 valence electrons. The van der Waals surface area contributed by atoms with Gasteiger partial charge in [0.15, 0.2) is 5.82 Å². The van der Waals surface area contributed by atoms with Gasteiger partial charge in [0.25, 0.3) is 5.89 Å². The number of hydrogen-bond acceptors (Lipinski definition) is 4. The maximum atomic E-state index is 5.56. The molecule has 0 aliphatic carbocycles. The minimum atomic E-state index is 0.504. The zero-order valence-electron chi connectivity index (χ0n) is 10.6. The molecule has 1 heterocycles. The molecular formula is C14H16N2O2. The number of nitrogens with zero attached hydrogens (tertiary/aromatic N) is 2. The normalized spacial score (nSPS) is 10.6. The molecule has 2 rings (SSSR count). The van der Waals surface area contributed by atoms with Crippen LogP contribution in [0.1, 0.15) is 18.3 Å². The summed E-state index contributed by atoms with van der Waals surface area (Å²) in [5, 5.41) is 3.80. The van der Waals surface area contributed by atoms with Crippen molar-refractivity contribution in [2.75, 3.05) is 6.61 Å². The van der Waals surface area contributed by atoms with Gasteiger partial charge in [-0.05, 0) is 25.5 Å². The van der Waals surface area contributed by atoms with Gasteiger partial charge in [-0.15, -0.1) is 0 Å². The molecule has 4 nitrogen and oxygen atoms in total. The van der Waals surface area contributed by atoms with Crippen LogP contribution in [0.15, 0.2) is 40.9 Å². The van der Waals surface area contributed by atoms with Crippen molar-refractivity contribution in [2.45, 2.75) is 20.5 Å². The van der Waals surface area contributed by atoms with E-state index in [4.69, 9.17) is 9.26 Å². The van der Waals surface area contributed by atoms with Crippen molar-refractivity contribution >= 4 is 0 Å². The first kappa shape index (κ1) is 12.5. The van der Waals surface area contributed by atoms with Gasteiger partial charge < -0.3 is 9.26 Å². The Bertz CT molecular complexity index is 546. The van der Waals surface area contributed by atoms with Gasteiger partial charge in [0.2, 0.25) is 0 Å². The molecule has 0 amide bonds. The van der Waals surface area contributed by atoms with Crippen molar-refractivity contribution in [3.05, 3.63) is 47.8 Å². The van der Waals surface area contributed by atoms with E-state index in [1.54, 1.807) is 6.92 Å². The van der Waals surface area contributed by atoms with Crippen LogP contribution in [-0.2, 0) is 11.3 Å². The fraction of sp³-hybridized carbons (Fsp3) is 0.286. The van der Waals surface area contributed by atoms with Crippen LogP contribution in [-0.4, -0.2) is 16.7 Å². The predicted octanol–water partition coefficient (Wildman–Crippen LogP) is 3.14. The zero-order valence-corrected chi connectivity index (χ0v) is 10.6. The Morgan fingerprint density at radius 3 is 2.83 bits per heavy atom. The van der Waals surface area contributed by atoms with Crippen molar-refractivity contribution in [3.63, 3.8) is 0 Å². The number of aromatic nitrogens is 2. The van der Waals surface area contributed by atoms with E-state index in [0.29, 0.717) is 24.9 Å². The minimum Gasteiger partial charge on any atom is -0.372 e. The van der Waals surface area contributed by atoms with E-state index in [1.807, 2.05) is 31.2 Å². The highest BCUT2D eigenvalue weighted by atomic mass is 16.5. The monoisotopic (exact) mass is 244 g/mol. The van der Waals surface area contributed by atoms with Crippen molar-refractivity contribution < 1.29 is 9.26 Å². The minimum absolute atomic E-state index is 0.504. The largest absolute Gasteiger partial charge is 0.372 e. The number of benzene rings is 1. The maximum absolute atomic E-state index is 5.56. The highest BCUT2D eigenvalue weighted by molar-refractivity contribution is 5.58. The van der Waals surface area contributed by atoms with Gasteiger partial charge >= 0.3 is 0 Å². The summed E-state index contributed by atoms with van der Waals surface area (Å²) in [4.78, 5) is 4.23. The Hall–Kier alpha value is -1.94. The first-order valence-electron chi connectivity index (χ1n) is 5.77. The van der Waals surface area contributed by atoms with Crippen molar-refractivity contribution in [3.8, 4) is 11.5 Å². The first-order chi connectivity index (χ1) is 8.66.